The van der Waals surface area contributed by atoms with Gasteiger partial charge in [-0.1, -0.05) is 12.1 Å². The summed E-state index contributed by atoms with van der Waals surface area (Å²) in [6, 6.07) is 12.4. The third-order valence-electron chi connectivity index (χ3n) is 6.74. The van der Waals surface area contributed by atoms with E-state index in [0.29, 0.717) is 57.1 Å². The summed E-state index contributed by atoms with van der Waals surface area (Å²) in [5.74, 6) is 1.31. The Morgan fingerprint density at radius 2 is 1.54 bits per heavy atom. The van der Waals surface area contributed by atoms with Gasteiger partial charge in [-0.25, -0.2) is 8.42 Å². The first kappa shape index (κ1) is 25.1. The molecule has 1 atom stereocenters. The highest BCUT2D eigenvalue weighted by Crippen LogP contribution is 2.33. The lowest BCUT2D eigenvalue weighted by Crippen LogP contribution is -2.53. The maximum Gasteiger partial charge on any atom is 0.243 e. The molecule has 1 amide bonds. The van der Waals surface area contributed by atoms with E-state index in [-0.39, 0.29) is 23.3 Å². The van der Waals surface area contributed by atoms with E-state index in [9.17, 15) is 13.2 Å². The molecule has 0 unspecified atom stereocenters. The number of piperazine rings is 1. The van der Waals surface area contributed by atoms with Gasteiger partial charge >= 0.3 is 0 Å². The number of carbonyl (C=O) groups is 1. The number of carbonyl (C=O) groups excluding carboxylic acids is 1. The molecule has 0 N–H and O–H groups in total. The Hall–Kier alpha value is -2.98. The van der Waals surface area contributed by atoms with Crippen molar-refractivity contribution in [3.8, 4) is 17.2 Å². The fourth-order valence-electron chi connectivity index (χ4n) is 4.81. The molecule has 35 heavy (non-hydrogen) atoms. The Kier molecular flexibility index (Phi) is 7.71. The second-order valence-corrected chi connectivity index (χ2v) is 10.6. The lowest BCUT2D eigenvalue weighted by molar-refractivity contribution is -0.137. The van der Waals surface area contributed by atoms with Gasteiger partial charge in [0.2, 0.25) is 15.9 Å². The zero-order valence-corrected chi connectivity index (χ0v) is 21.3. The molecule has 0 saturated carbocycles. The van der Waals surface area contributed by atoms with Gasteiger partial charge in [-0.3, -0.25) is 4.79 Å². The first-order valence-corrected chi connectivity index (χ1v) is 13.2. The van der Waals surface area contributed by atoms with Crippen LogP contribution < -0.4 is 19.1 Å². The zero-order valence-electron chi connectivity index (χ0n) is 20.5. The summed E-state index contributed by atoms with van der Waals surface area (Å²) < 4.78 is 44.1. The van der Waals surface area contributed by atoms with E-state index in [0.717, 1.165) is 11.4 Å². The summed E-state index contributed by atoms with van der Waals surface area (Å²) >= 11 is 0. The highest BCUT2D eigenvalue weighted by Gasteiger charge is 2.36. The molecule has 2 saturated heterocycles. The van der Waals surface area contributed by atoms with E-state index in [1.165, 1.54) is 30.7 Å². The van der Waals surface area contributed by atoms with Gasteiger partial charge in [0.05, 0.1) is 37.8 Å². The van der Waals surface area contributed by atoms with Crippen molar-refractivity contribution >= 4 is 21.6 Å². The summed E-state index contributed by atoms with van der Waals surface area (Å²) in [4.78, 5) is 17.6. The molecule has 0 radical (unpaired) electrons. The van der Waals surface area contributed by atoms with Crippen molar-refractivity contribution in [3.05, 3.63) is 42.5 Å². The van der Waals surface area contributed by atoms with Crippen LogP contribution in [-0.4, -0.2) is 84.1 Å². The summed E-state index contributed by atoms with van der Waals surface area (Å²) in [5, 5.41) is 0. The molecule has 2 aromatic rings. The van der Waals surface area contributed by atoms with E-state index in [1.807, 2.05) is 29.2 Å². The maximum absolute atomic E-state index is 13.3. The number of ether oxygens (including phenoxy) is 3. The van der Waals surface area contributed by atoms with E-state index in [2.05, 4.69) is 4.90 Å². The van der Waals surface area contributed by atoms with Crippen LogP contribution in [0.1, 0.15) is 12.8 Å². The largest absolute Gasteiger partial charge is 0.495 e. The highest BCUT2D eigenvalue weighted by molar-refractivity contribution is 7.89. The van der Waals surface area contributed by atoms with Crippen molar-refractivity contribution in [1.82, 2.24) is 9.21 Å². The molecule has 190 valence electrons. The second kappa shape index (κ2) is 10.7. The van der Waals surface area contributed by atoms with Crippen LogP contribution in [0.5, 0.6) is 17.2 Å². The number of nitrogens with zero attached hydrogens (tertiary/aromatic N) is 3. The van der Waals surface area contributed by atoms with Gasteiger partial charge in [0, 0.05) is 45.3 Å². The van der Waals surface area contributed by atoms with Crippen molar-refractivity contribution in [2.24, 2.45) is 5.92 Å². The van der Waals surface area contributed by atoms with Gasteiger partial charge in [0.15, 0.2) is 11.5 Å². The predicted octanol–water partition coefficient (Wildman–Crippen LogP) is 2.46. The van der Waals surface area contributed by atoms with Crippen LogP contribution in [0.15, 0.2) is 47.4 Å². The minimum atomic E-state index is -3.76. The van der Waals surface area contributed by atoms with Crippen LogP contribution in [0, 0.1) is 5.92 Å². The van der Waals surface area contributed by atoms with Gasteiger partial charge in [-0.15, -0.1) is 0 Å². The molecule has 10 heteroatoms. The highest BCUT2D eigenvalue weighted by atomic mass is 32.2. The smallest absolute Gasteiger partial charge is 0.243 e. The topological polar surface area (TPSA) is 88.6 Å². The van der Waals surface area contributed by atoms with Crippen LogP contribution >= 0.6 is 0 Å². The molecule has 0 aliphatic carbocycles. The monoisotopic (exact) mass is 503 g/mol. The summed E-state index contributed by atoms with van der Waals surface area (Å²) in [6.07, 6.45) is 1.33. The Labute approximate surface area is 207 Å². The first-order chi connectivity index (χ1) is 16.9. The van der Waals surface area contributed by atoms with Gasteiger partial charge in [0.1, 0.15) is 5.75 Å². The van der Waals surface area contributed by atoms with E-state index >= 15 is 0 Å². The molecule has 2 heterocycles. The number of anilines is 1. The normalized spacial score (nSPS) is 19.3. The van der Waals surface area contributed by atoms with Gasteiger partial charge in [-0.2, -0.15) is 4.31 Å². The molecule has 0 spiro atoms. The van der Waals surface area contributed by atoms with Crippen molar-refractivity contribution in [3.63, 3.8) is 0 Å². The predicted molar refractivity (Wildman–Crippen MR) is 133 cm³/mol. The molecule has 0 aromatic heterocycles. The number of hydrogen-bond donors (Lipinski definition) is 0. The first-order valence-electron chi connectivity index (χ1n) is 11.8. The molecule has 2 aliphatic rings. The van der Waals surface area contributed by atoms with Crippen molar-refractivity contribution in [2.75, 3.05) is 65.5 Å². The molecule has 2 aliphatic heterocycles. The number of hydrogen-bond acceptors (Lipinski definition) is 7. The average Bonchev–Trinajstić information content (AvgIpc) is 2.92. The van der Waals surface area contributed by atoms with Crippen LogP contribution in [0.4, 0.5) is 5.69 Å². The number of sulfonamides is 1. The molecule has 0 bridgehead atoms. The quantitative estimate of drug-likeness (QED) is 0.574. The molecule has 4 rings (SSSR count). The number of benzene rings is 2. The summed E-state index contributed by atoms with van der Waals surface area (Å²) in [7, 11) is 0.865. The van der Waals surface area contributed by atoms with E-state index in [4.69, 9.17) is 14.2 Å². The SMILES string of the molecule is COc1ccc(S(=O)(=O)N2CCC[C@@H](C(=O)N3CCN(c4ccccc4OC)CC3)C2)cc1OC. The van der Waals surface area contributed by atoms with Crippen LogP contribution in [0.3, 0.4) is 0 Å². The van der Waals surface area contributed by atoms with Crippen molar-refractivity contribution < 1.29 is 27.4 Å². The fourth-order valence-corrected chi connectivity index (χ4v) is 6.35. The number of amides is 1. The van der Waals surface area contributed by atoms with Crippen LogP contribution in [0.25, 0.3) is 0 Å². The fraction of sp³-hybridized carbons (Fsp3) is 0.480. The Morgan fingerprint density at radius 3 is 2.23 bits per heavy atom. The number of rotatable bonds is 7. The van der Waals surface area contributed by atoms with Crippen molar-refractivity contribution in [2.45, 2.75) is 17.7 Å². The molecule has 9 nitrogen and oxygen atoms in total. The lowest BCUT2D eigenvalue weighted by Gasteiger charge is -2.39. The van der Waals surface area contributed by atoms with Crippen molar-refractivity contribution in [1.29, 1.82) is 0 Å². The van der Waals surface area contributed by atoms with Crippen LogP contribution in [-0.2, 0) is 14.8 Å². The molecule has 2 fully saturated rings. The Balaban J connectivity index is 1.41. The standard InChI is InChI=1S/C25H33N3O6S/c1-32-22-9-5-4-8-21(22)26-13-15-27(16-14-26)25(29)19-7-6-12-28(18-19)35(30,31)20-10-11-23(33-2)24(17-20)34-3/h4-5,8-11,17,19H,6-7,12-16,18H2,1-3H3/t19-/m1/s1. The third kappa shape index (κ3) is 5.18. The van der Waals surface area contributed by atoms with Gasteiger partial charge < -0.3 is 24.0 Å². The van der Waals surface area contributed by atoms with E-state index < -0.39 is 10.0 Å². The second-order valence-electron chi connectivity index (χ2n) is 8.70. The molecular weight excluding hydrogens is 470 g/mol. The number of piperidine rings is 1. The Morgan fingerprint density at radius 1 is 0.857 bits per heavy atom. The number of methoxy groups -OCH3 is 3. The average molecular weight is 504 g/mol. The summed E-state index contributed by atoms with van der Waals surface area (Å²) in [5.41, 5.74) is 1.02. The van der Waals surface area contributed by atoms with Gasteiger partial charge in [0.25, 0.3) is 0 Å². The summed E-state index contributed by atoms with van der Waals surface area (Å²) in [6.45, 7) is 3.16. The minimum Gasteiger partial charge on any atom is -0.495 e. The third-order valence-corrected chi connectivity index (χ3v) is 8.60. The molecule has 2 aromatic carbocycles. The van der Waals surface area contributed by atoms with E-state index in [1.54, 1.807) is 13.2 Å². The Bertz CT molecular complexity index is 1150. The zero-order chi connectivity index (χ0) is 25.0. The number of para-hydroxylation sites is 2. The molecular formula is C25H33N3O6S. The van der Waals surface area contributed by atoms with Crippen LogP contribution in [0.2, 0.25) is 0 Å². The van der Waals surface area contributed by atoms with Gasteiger partial charge in [-0.05, 0) is 37.1 Å². The lowest BCUT2D eigenvalue weighted by atomic mass is 9.97. The minimum absolute atomic E-state index is 0.0249. The maximum atomic E-state index is 13.3.